The molecule has 1 N–H and O–H groups in total. The summed E-state index contributed by atoms with van der Waals surface area (Å²) in [4.78, 5) is 2.65. The lowest BCUT2D eigenvalue weighted by Crippen LogP contribution is -2.56. The van der Waals surface area contributed by atoms with Crippen LogP contribution in [0.2, 0.25) is 0 Å². The van der Waals surface area contributed by atoms with Gasteiger partial charge in [0.05, 0.1) is 30.5 Å². The highest BCUT2D eigenvalue weighted by Gasteiger charge is 2.81. The van der Waals surface area contributed by atoms with E-state index in [0.717, 1.165) is 49.8 Å². The van der Waals surface area contributed by atoms with Crippen LogP contribution in [-0.2, 0) is 18.9 Å². The van der Waals surface area contributed by atoms with E-state index in [-0.39, 0.29) is 23.9 Å². The van der Waals surface area contributed by atoms with E-state index < -0.39 is 5.60 Å². The molecule has 6 aliphatic carbocycles. The lowest BCUT2D eigenvalue weighted by Gasteiger charge is -2.60. The molecule has 6 heteroatoms. The van der Waals surface area contributed by atoms with Crippen LogP contribution in [0.3, 0.4) is 0 Å². The third-order valence-corrected chi connectivity index (χ3v) is 17.3. The van der Waals surface area contributed by atoms with E-state index >= 15 is 0 Å². The van der Waals surface area contributed by atoms with Crippen molar-refractivity contribution >= 4 is 0 Å². The predicted octanol–water partition coefficient (Wildman–Crippen LogP) is 8.63. The third kappa shape index (κ3) is 5.76. The lowest BCUT2D eigenvalue weighted by molar-refractivity contribution is -0.245. The first-order valence-electron chi connectivity index (χ1n) is 21.3. The van der Waals surface area contributed by atoms with Crippen LogP contribution in [0, 0.1) is 57.2 Å². The molecule has 49 heavy (non-hydrogen) atoms. The zero-order valence-corrected chi connectivity index (χ0v) is 32.5. The Morgan fingerprint density at radius 1 is 0.918 bits per heavy atom. The van der Waals surface area contributed by atoms with Crippen LogP contribution in [0.25, 0.3) is 0 Å². The standard InChI is InChI=1S/C43H73NO5/c1-8-46-38(40(5,6)45)32-16-14-31-37(48-32)28(2)36-30-15-17-33-39(3,4)34(18-20-43(33)27-42(30,43)22-21-41(31,36)7)49-35-26-44(24-25-47-35)23-19-29-12-10-9-11-13-29/h28-38,45H,8-27H2,1-7H3/t28?,30?,31?,32?,33-,34-,35?,36?,37?,38-,41+,42-,43+/m0/s1. The molecule has 0 aromatic carbocycles. The maximum absolute atomic E-state index is 11.0. The van der Waals surface area contributed by atoms with Crippen molar-refractivity contribution in [1.29, 1.82) is 0 Å². The van der Waals surface area contributed by atoms with Crippen LogP contribution in [0.4, 0.5) is 0 Å². The largest absolute Gasteiger partial charge is 0.388 e. The van der Waals surface area contributed by atoms with Crippen LogP contribution >= 0.6 is 0 Å². The van der Waals surface area contributed by atoms with Crippen molar-refractivity contribution < 1.29 is 24.1 Å². The number of nitrogens with zero attached hydrogens (tertiary/aromatic N) is 1. The first kappa shape index (κ1) is 35.8. The van der Waals surface area contributed by atoms with Gasteiger partial charge in [0.25, 0.3) is 0 Å². The molecule has 0 aromatic heterocycles. The van der Waals surface area contributed by atoms with Crippen molar-refractivity contribution in [3.63, 3.8) is 0 Å². The van der Waals surface area contributed by atoms with Crippen LogP contribution < -0.4 is 0 Å². The summed E-state index contributed by atoms with van der Waals surface area (Å²) in [6, 6.07) is 0. The van der Waals surface area contributed by atoms with Crippen molar-refractivity contribution in [3.8, 4) is 0 Å². The van der Waals surface area contributed by atoms with Gasteiger partial charge >= 0.3 is 0 Å². The minimum Gasteiger partial charge on any atom is -0.388 e. The monoisotopic (exact) mass is 684 g/mol. The number of ether oxygens (including phenoxy) is 4. The van der Waals surface area contributed by atoms with E-state index in [1.54, 1.807) is 0 Å². The Balaban J connectivity index is 0.936. The van der Waals surface area contributed by atoms with E-state index in [1.807, 2.05) is 20.8 Å². The highest BCUT2D eigenvalue weighted by atomic mass is 16.7. The molecule has 8 aliphatic rings. The van der Waals surface area contributed by atoms with Gasteiger partial charge in [0.2, 0.25) is 0 Å². The lowest BCUT2D eigenvalue weighted by atomic mass is 9.45. The van der Waals surface area contributed by atoms with Crippen LogP contribution in [0.15, 0.2) is 0 Å². The number of hydrogen-bond donors (Lipinski definition) is 1. The van der Waals surface area contributed by atoms with Gasteiger partial charge < -0.3 is 24.1 Å². The molecule has 2 spiro atoms. The molecule has 6 nitrogen and oxygen atoms in total. The molecule has 2 saturated heterocycles. The van der Waals surface area contributed by atoms with Crippen molar-refractivity contribution in [1.82, 2.24) is 4.90 Å². The van der Waals surface area contributed by atoms with Gasteiger partial charge in [0.15, 0.2) is 6.29 Å². The Labute approximate surface area is 299 Å². The zero-order chi connectivity index (χ0) is 34.4. The van der Waals surface area contributed by atoms with Crippen molar-refractivity contribution in [2.45, 2.75) is 181 Å². The molecule has 2 heterocycles. The molecular formula is C43H73NO5. The molecule has 280 valence electrons. The molecular weight excluding hydrogens is 610 g/mol. The van der Waals surface area contributed by atoms with Gasteiger partial charge in [-0.3, -0.25) is 4.90 Å². The highest BCUT2D eigenvalue weighted by Crippen LogP contribution is 2.87. The maximum atomic E-state index is 11.0. The average molecular weight is 684 g/mol. The summed E-state index contributed by atoms with van der Waals surface area (Å²) in [6.45, 7) is 20.9. The molecule has 0 bridgehead atoms. The Bertz CT molecular complexity index is 1180. The van der Waals surface area contributed by atoms with Crippen molar-refractivity contribution in [2.24, 2.45) is 57.2 Å². The minimum absolute atomic E-state index is 0.0162. The summed E-state index contributed by atoms with van der Waals surface area (Å²) in [5, 5.41) is 11.0. The molecule has 8 fully saturated rings. The number of aliphatic hydroxyl groups is 1. The molecule has 0 amide bonds. The maximum Gasteiger partial charge on any atom is 0.170 e. The van der Waals surface area contributed by atoms with Crippen LogP contribution in [0.5, 0.6) is 0 Å². The SMILES string of the molecule is CCO[C@@H](C1CCC2C(O1)C(C)C1C3CC[C@H]4C(C)(C)[C@@H](OC5CN(CCC6CCCCC6)CCO5)CC[C@@]45C[C@@]35CC[C@]21C)C(C)(C)O. The topological polar surface area (TPSA) is 60.4 Å². The molecule has 7 unspecified atom stereocenters. The summed E-state index contributed by atoms with van der Waals surface area (Å²) in [6.07, 6.45) is 20.6. The summed E-state index contributed by atoms with van der Waals surface area (Å²) in [7, 11) is 0. The summed E-state index contributed by atoms with van der Waals surface area (Å²) in [5.74, 6) is 4.47. The molecule has 6 saturated carbocycles. The predicted molar refractivity (Wildman–Crippen MR) is 194 cm³/mol. The molecule has 2 aliphatic heterocycles. The van der Waals surface area contributed by atoms with Crippen molar-refractivity contribution in [3.05, 3.63) is 0 Å². The van der Waals surface area contributed by atoms with Gasteiger partial charge in [-0.15, -0.1) is 0 Å². The minimum atomic E-state index is -0.902. The van der Waals surface area contributed by atoms with Gasteiger partial charge in [-0.05, 0) is 149 Å². The molecule has 0 aromatic rings. The Hall–Kier alpha value is -0.240. The number of fused-ring (bicyclic) bond motifs is 4. The van der Waals surface area contributed by atoms with E-state index in [1.165, 1.54) is 96.4 Å². The smallest absolute Gasteiger partial charge is 0.170 e. The van der Waals surface area contributed by atoms with Gasteiger partial charge in [0.1, 0.15) is 6.10 Å². The quantitative estimate of drug-likeness (QED) is 0.263. The van der Waals surface area contributed by atoms with Gasteiger partial charge in [-0.1, -0.05) is 59.8 Å². The Kier molecular flexibility index (Phi) is 9.46. The second-order valence-electron chi connectivity index (χ2n) is 20.3. The summed E-state index contributed by atoms with van der Waals surface area (Å²) in [5.41, 5.74) is 0.688. The fourth-order valence-electron chi connectivity index (χ4n) is 15.2. The Morgan fingerprint density at radius 3 is 2.45 bits per heavy atom. The van der Waals surface area contributed by atoms with E-state index in [0.29, 0.717) is 46.9 Å². The third-order valence-electron chi connectivity index (χ3n) is 17.3. The molecule has 0 radical (unpaired) electrons. The van der Waals surface area contributed by atoms with Gasteiger partial charge in [-0.25, -0.2) is 0 Å². The van der Waals surface area contributed by atoms with Gasteiger partial charge in [-0.2, -0.15) is 0 Å². The number of rotatable bonds is 9. The molecule has 13 atom stereocenters. The van der Waals surface area contributed by atoms with Crippen LogP contribution in [0.1, 0.15) is 145 Å². The van der Waals surface area contributed by atoms with Crippen molar-refractivity contribution in [2.75, 3.05) is 32.8 Å². The summed E-state index contributed by atoms with van der Waals surface area (Å²) < 4.78 is 26.6. The van der Waals surface area contributed by atoms with E-state index in [2.05, 4.69) is 32.6 Å². The Morgan fingerprint density at radius 2 is 1.69 bits per heavy atom. The summed E-state index contributed by atoms with van der Waals surface area (Å²) >= 11 is 0. The fraction of sp³-hybridized carbons (Fsp3) is 1.00. The first-order chi connectivity index (χ1) is 23.3. The number of hydrogen-bond acceptors (Lipinski definition) is 6. The van der Waals surface area contributed by atoms with E-state index in [4.69, 9.17) is 18.9 Å². The second-order valence-corrected chi connectivity index (χ2v) is 20.3. The van der Waals surface area contributed by atoms with E-state index in [9.17, 15) is 5.11 Å². The fourth-order valence-corrected chi connectivity index (χ4v) is 15.2. The van der Waals surface area contributed by atoms with Crippen LogP contribution in [-0.4, -0.2) is 79.2 Å². The van der Waals surface area contributed by atoms with Gasteiger partial charge in [0, 0.05) is 19.7 Å². The first-order valence-corrected chi connectivity index (χ1v) is 21.3. The molecule has 8 rings (SSSR count). The highest BCUT2D eigenvalue weighted by molar-refractivity contribution is 5.29. The average Bonchev–Trinajstić information content (AvgIpc) is 3.69. The zero-order valence-electron chi connectivity index (χ0n) is 32.5. The number of morpholine rings is 1. The second kappa shape index (κ2) is 13.0. The normalized spacial score (nSPS) is 48.9.